The fourth-order valence-electron chi connectivity index (χ4n) is 3.96. The van der Waals surface area contributed by atoms with Crippen LogP contribution < -0.4 is 0 Å². The average molecular weight is 491 g/mol. The monoisotopic (exact) mass is 490 g/mol. The number of hydrogen-bond donors (Lipinski definition) is 1. The van der Waals surface area contributed by atoms with E-state index >= 15 is 0 Å². The Bertz CT molecular complexity index is 1340. The highest BCUT2D eigenvalue weighted by atomic mass is 32.2. The molecule has 1 fully saturated rings. The number of pyridine rings is 1. The lowest BCUT2D eigenvalue weighted by Crippen LogP contribution is -2.54. The van der Waals surface area contributed by atoms with Crippen molar-refractivity contribution in [3.8, 4) is 0 Å². The molecule has 0 amide bonds. The van der Waals surface area contributed by atoms with Crippen molar-refractivity contribution in [2.45, 2.75) is 45.9 Å². The molecule has 0 saturated heterocycles. The Morgan fingerprint density at radius 3 is 2.12 bits per heavy atom. The molecule has 1 aliphatic carbocycles. The zero-order valence-corrected chi connectivity index (χ0v) is 20.1. The summed E-state index contributed by atoms with van der Waals surface area (Å²) in [6.45, 7) is 6.95. The van der Waals surface area contributed by atoms with Crippen molar-refractivity contribution in [1.82, 2.24) is 4.98 Å². The Kier molecular flexibility index (Phi) is 6.34. The minimum Gasteiger partial charge on any atom is -0.506 e. The zero-order chi connectivity index (χ0) is 25.6. The maximum atomic E-state index is 13.4. The molecule has 34 heavy (non-hydrogen) atoms. The molecule has 1 N–H and O–H groups in total. The molecule has 0 spiro atoms. The molecule has 1 saturated carbocycles. The highest BCUT2D eigenvalue weighted by molar-refractivity contribution is 7.90. The molecule has 1 aromatic heterocycles. The molecular weight excluding hydrogens is 466 g/mol. The van der Waals surface area contributed by atoms with Crippen LogP contribution in [0.25, 0.3) is 5.76 Å². The quantitative estimate of drug-likeness (QED) is 0.380. The lowest BCUT2D eigenvalue weighted by atomic mass is 9.60. The van der Waals surface area contributed by atoms with E-state index in [0.717, 1.165) is 6.07 Å². The summed E-state index contributed by atoms with van der Waals surface area (Å²) >= 11 is 0. The smallest absolute Gasteiger partial charge is 0.282 e. The van der Waals surface area contributed by atoms with Gasteiger partial charge in [-0.05, 0) is 58.9 Å². The summed E-state index contributed by atoms with van der Waals surface area (Å²) in [4.78, 5) is 30.2. The number of nitrogens with zero attached hydrogens (tertiary/aromatic N) is 2. The first-order valence-corrected chi connectivity index (χ1v) is 11.8. The first kappa shape index (κ1) is 25.4. The predicted molar refractivity (Wildman–Crippen MR) is 122 cm³/mol. The van der Waals surface area contributed by atoms with Crippen LogP contribution in [0.2, 0.25) is 0 Å². The number of ketones is 2. The van der Waals surface area contributed by atoms with Crippen LogP contribution in [-0.4, -0.2) is 35.8 Å². The van der Waals surface area contributed by atoms with Crippen molar-refractivity contribution < 1.29 is 31.9 Å². The molecule has 0 radical (unpaired) electrons. The van der Waals surface area contributed by atoms with Crippen LogP contribution in [0, 0.1) is 17.8 Å². The number of aryl methyl sites for hydroxylation is 1. The minimum absolute atomic E-state index is 0.00613. The molecule has 0 unspecified atom stereocenters. The Morgan fingerprint density at radius 1 is 1.00 bits per heavy atom. The number of allylic oxidation sites excluding steroid dienone is 1. The topological polar surface area (TPSA) is 114 Å². The highest BCUT2D eigenvalue weighted by Gasteiger charge is 2.56. The van der Waals surface area contributed by atoms with E-state index in [1.807, 2.05) is 0 Å². The van der Waals surface area contributed by atoms with Crippen LogP contribution in [0.15, 0.2) is 57.3 Å². The van der Waals surface area contributed by atoms with Gasteiger partial charge >= 0.3 is 0 Å². The van der Waals surface area contributed by atoms with E-state index in [4.69, 9.17) is 0 Å². The van der Waals surface area contributed by atoms with Gasteiger partial charge in [0, 0.05) is 11.3 Å². The van der Waals surface area contributed by atoms with Gasteiger partial charge in [-0.1, -0.05) is 18.2 Å². The van der Waals surface area contributed by atoms with Gasteiger partial charge in [-0.15, -0.1) is 0 Å². The van der Waals surface area contributed by atoms with Gasteiger partial charge in [0.1, 0.15) is 11.5 Å². The summed E-state index contributed by atoms with van der Waals surface area (Å²) < 4.78 is 56.0. The van der Waals surface area contributed by atoms with Gasteiger partial charge in [0.15, 0.2) is 11.6 Å². The van der Waals surface area contributed by atoms with E-state index in [1.165, 1.54) is 65.0 Å². The summed E-state index contributed by atoms with van der Waals surface area (Å²) in [5.74, 6) is -2.10. The van der Waals surface area contributed by atoms with Gasteiger partial charge in [0.2, 0.25) is 0 Å². The van der Waals surface area contributed by atoms with Crippen LogP contribution in [0.3, 0.4) is 0 Å². The molecule has 2 aromatic rings. The van der Waals surface area contributed by atoms with Crippen LogP contribution in [-0.2, 0) is 19.6 Å². The van der Waals surface area contributed by atoms with Crippen molar-refractivity contribution >= 4 is 33.1 Å². The number of aliphatic hydroxyl groups excluding tert-OH is 1. The second kappa shape index (κ2) is 8.50. The zero-order valence-electron chi connectivity index (χ0n) is 19.3. The van der Waals surface area contributed by atoms with Crippen molar-refractivity contribution in [3.63, 3.8) is 0 Å². The lowest BCUT2D eigenvalue weighted by molar-refractivity contribution is -0.141. The first-order chi connectivity index (χ1) is 15.6. The molecular formula is C24H24F2N2O5S. The maximum Gasteiger partial charge on any atom is 0.282 e. The van der Waals surface area contributed by atoms with Gasteiger partial charge in [-0.2, -0.15) is 12.8 Å². The largest absolute Gasteiger partial charge is 0.506 e. The molecule has 3 rings (SSSR count). The van der Waals surface area contributed by atoms with Gasteiger partial charge in [-0.3, -0.25) is 14.6 Å². The number of alkyl halides is 2. The number of Topliss-reactive ketones (excluding diaryl/α,β-unsaturated/α-hetero) is 2. The van der Waals surface area contributed by atoms with Crippen molar-refractivity contribution in [3.05, 3.63) is 65.0 Å². The fourth-order valence-corrected chi connectivity index (χ4v) is 5.12. The van der Waals surface area contributed by atoms with Gasteiger partial charge in [0.05, 0.1) is 27.0 Å². The Hall–Kier alpha value is -3.27. The normalized spacial score (nSPS) is 20.6. The fraction of sp³-hybridized carbons (Fsp3) is 0.333. The number of sulfonamides is 1. The van der Waals surface area contributed by atoms with Crippen molar-refractivity contribution in [1.29, 1.82) is 0 Å². The number of aromatic nitrogens is 1. The van der Waals surface area contributed by atoms with E-state index < -0.39 is 61.6 Å². The summed E-state index contributed by atoms with van der Waals surface area (Å²) in [6, 6.07) is 9.38. The third-order valence-corrected chi connectivity index (χ3v) is 7.13. The predicted octanol–water partition coefficient (Wildman–Crippen LogP) is 4.63. The molecule has 7 nitrogen and oxygen atoms in total. The number of benzene rings is 1. The molecule has 180 valence electrons. The molecule has 0 aliphatic heterocycles. The van der Waals surface area contributed by atoms with E-state index in [-0.39, 0.29) is 16.2 Å². The minimum atomic E-state index is -4.37. The molecule has 0 bridgehead atoms. The number of aliphatic hydroxyl groups is 1. The summed E-state index contributed by atoms with van der Waals surface area (Å²) in [6.07, 6.45) is -2.84. The van der Waals surface area contributed by atoms with Gasteiger partial charge < -0.3 is 5.11 Å². The summed E-state index contributed by atoms with van der Waals surface area (Å²) in [7, 11) is -4.37. The first-order valence-electron chi connectivity index (χ1n) is 10.3. The summed E-state index contributed by atoms with van der Waals surface area (Å²) in [5, 5.41) is 11.2. The highest BCUT2D eigenvalue weighted by Crippen LogP contribution is 2.44. The lowest BCUT2D eigenvalue weighted by Gasteiger charge is -2.40. The van der Waals surface area contributed by atoms with Crippen LogP contribution in [0.1, 0.15) is 51.1 Å². The van der Waals surface area contributed by atoms with E-state index in [1.54, 1.807) is 6.07 Å². The number of rotatable bonds is 4. The van der Waals surface area contributed by atoms with Crippen LogP contribution in [0.4, 0.5) is 8.78 Å². The number of hydrogen-bond acceptors (Lipinski definition) is 6. The summed E-state index contributed by atoms with van der Waals surface area (Å²) in [5.41, 5.74) is -4.67. The second-order valence-corrected chi connectivity index (χ2v) is 10.6. The molecule has 0 atom stereocenters. The van der Waals surface area contributed by atoms with Crippen molar-refractivity contribution in [2.75, 3.05) is 0 Å². The molecule has 1 aromatic carbocycles. The van der Waals surface area contributed by atoms with Crippen LogP contribution >= 0.6 is 0 Å². The van der Waals surface area contributed by atoms with E-state index in [2.05, 4.69) is 9.38 Å². The Morgan fingerprint density at radius 2 is 1.59 bits per heavy atom. The van der Waals surface area contributed by atoms with Gasteiger partial charge in [0.25, 0.3) is 16.4 Å². The third-order valence-electron chi connectivity index (χ3n) is 5.83. The van der Waals surface area contributed by atoms with E-state index in [0.29, 0.717) is 0 Å². The Balaban J connectivity index is 2.37. The second-order valence-electron chi connectivity index (χ2n) is 9.03. The van der Waals surface area contributed by atoms with Gasteiger partial charge in [-0.25, -0.2) is 8.78 Å². The van der Waals surface area contributed by atoms with Crippen LogP contribution in [0.5, 0.6) is 0 Å². The maximum absolute atomic E-state index is 13.4. The molecule has 10 heteroatoms. The standard InChI is InChI=1S/C24H24F2N2O5S/c1-13-15(11-12-16(27-13)21(25)26)18(29)17-19(23(2,3)22(31)24(4,5)20(17)30)28-34(32,33)14-9-7-6-8-10-14/h6-12,21,29H,1-5H3. The Labute approximate surface area is 196 Å². The number of carbonyl (C=O) groups excluding carboxylic acids is 2. The number of halogens is 2. The number of carbonyl (C=O) groups is 2. The molecule has 1 heterocycles. The average Bonchev–Trinajstić information content (AvgIpc) is 2.77. The molecule has 1 aliphatic rings. The SMILES string of the molecule is Cc1nc(C(F)F)ccc1C(O)=C1C(=O)C(C)(C)C(=O)C(C)(C)C1=NS(=O)(=O)c1ccccc1. The van der Waals surface area contributed by atoms with E-state index in [9.17, 15) is 31.9 Å². The third kappa shape index (κ3) is 4.18. The van der Waals surface area contributed by atoms with Crippen molar-refractivity contribution in [2.24, 2.45) is 15.2 Å².